The summed E-state index contributed by atoms with van der Waals surface area (Å²) >= 11 is 0. The average Bonchev–Trinajstić information content (AvgIpc) is 2.75. The molecule has 2 aromatic heterocycles. The Kier molecular flexibility index (Phi) is 2.66. The molecule has 0 spiro atoms. The van der Waals surface area contributed by atoms with Gasteiger partial charge in [-0.3, -0.25) is 4.90 Å². The van der Waals surface area contributed by atoms with Gasteiger partial charge in [0.2, 0.25) is 0 Å². The fraction of sp³-hybridized carbons (Fsp3) is 0.455. The molecular weight excluding hydrogens is 216 g/mol. The number of nitrogen functional groups attached to an aromatic ring is 1. The Balaban J connectivity index is 1.89. The first kappa shape index (κ1) is 10.5. The Morgan fingerprint density at radius 3 is 3.00 bits per heavy atom. The van der Waals surface area contributed by atoms with Gasteiger partial charge in [-0.25, -0.2) is 9.50 Å². The van der Waals surface area contributed by atoms with Crippen molar-refractivity contribution in [2.75, 3.05) is 31.9 Å². The van der Waals surface area contributed by atoms with E-state index in [1.165, 1.54) is 11.9 Å². The molecule has 3 rings (SSSR count). The number of nitrogens with two attached hydrogens (primary N) is 1. The van der Waals surface area contributed by atoms with Gasteiger partial charge in [-0.15, -0.1) is 0 Å². The summed E-state index contributed by atoms with van der Waals surface area (Å²) in [6.45, 7) is 5.17. The second-order valence-electron chi connectivity index (χ2n) is 4.31. The molecule has 2 aromatic rings. The Labute approximate surface area is 99.4 Å². The molecule has 1 fully saturated rings. The minimum Gasteiger partial charge on any atom is -0.382 e. The molecule has 6 nitrogen and oxygen atoms in total. The van der Waals surface area contributed by atoms with Gasteiger partial charge in [-0.05, 0) is 11.6 Å². The van der Waals surface area contributed by atoms with E-state index >= 15 is 0 Å². The summed E-state index contributed by atoms with van der Waals surface area (Å²) in [5, 5.41) is 7.50. The van der Waals surface area contributed by atoms with Crippen LogP contribution in [0.25, 0.3) is 5.52 Å². The first-order valence-electron chi connectivity index (χ1n) is 5.84. The summed E-state index contributed by atoms with van der Waals surface area (Å²) < 4.78 is 1.79. The normalized spacial score (nSPS) is 17.6. The molecule has 0 radical (unpaired) electrons. The molecule has 0 saturated carbocycles. The second kappa shape index (κ2) is 4.31. The van der Waals surface area contributed by atoms with Crippen molar-refractivity contribution in [3.05, 3.63) is 24.2 Å². The summed E-state index contributed by atoms with van der Waals surface area (Å²) in [4.78, 5) is 6.46. The lowest BCUT2D eigenvalue weighted by atomic mass is 10.2. The number of rotatable bonds is 2. The zero-order valence-electron chi connectivity index (χ0n) is 9.63. The van der Waals surface area contributed by atoms with E-state index in [4.69, 9.17) is 5.73 Å². The lowest BCUT2D eigenvalue weighted by molar-refractivity contribution is 0.234. The number of aromatic nitrogens is 3. The number of nitrogens with zero attached hydrogens (tertiary/aromatic N) is 4. The van der Waals surface area contributed by atoms with E-state index in [0.717, 1.165) is 38.2 Å². The van der Waals surface area contributed by atoms with Crippen molar-refractivity contribution in [3.8, 4) is 0 Å². The predicted molar refractivity (Wildman–Crippen MR) is 65.5 cm³/mol. The molecule has 1 aliphatic rings. The van der Waals surface area contributed by atoms with Crippen LogP contribution in [0, 0.1) is 0 Å². The SMILES string of the molecule is Nc1ncnn2ccc(CN3CCNCC3)c12. The highest BCUT2D eigenvalue weighted by atomic mass is 15.2. The topological polar surface area (TPSA) is 71.5 Å². The highest BCUT2D eigenvalue weighted by Gasteiger charge is 2.14. The zero-order chi connectivity index (χ0) is 11.7. The molecular formula is C11H16N6. The summed E-state index contributed by atoms with van der Waals surface area (Å²) in [6, 6.07) is 2.07. The number of fused-ring (bicyclic) bond motifs is 1. The van der Waals surface area contributed by atoms with Gasteiger partial charge in [-0.1, -0.05) is 0 Å². The Morgan fingerprint density at radius 1 is 1.35 bits per heavy atom. The third kappa shape index (κ3) is 1.96. The fourth-order valence-electron chi connectivity index (χ4n) is 2.28. The minimum absolute atomic E-state index is 0.551. The third-order valence-electron chi connectivity index (χ3n) is 3.17. The van der Waals surface area contributed by atoms with Gasteiger partial charge in [0.1, 0.15) is 11.8 Å². The van der Waals surface area contributed by atoms with Crippen molar-refractivity contribution in [2.24, 2.45) is 0 Å². The highest BCUT2D eigenvalue weighted by Crippen LogP contribution is 2.18. The molecule has 0 amide bonds. The maximum absolute atomic E-state index is 5.90. The summed E-state index contributed by atoms with van der Waals surface area (Å²) in [5.74, 6) is 0.551. The Morgan fingerprint density at radius 2 is 2.18 bits per heavy atom. The molecule has 0 atom stereocenters. The van der Waals surface area contributed by atoms with E-state index in [1.54, 1.807) is 4.52 Å². The molecule has 0 bridgehead atoms. The first-order chi connectivity index (χ1) is 8.34. The molecule has 0 unspecified atom stereocenters. The first-order valence-corrected chi connectivity index (χ1v) is 5.84. The molecule has 0 aromatic carbocycles. The van der Waals surface area contributed by atoms with Crippen LogP contribution < -0.4 is 11.1 Å². The summed E-state index contributed by atoms with van der Waals surface area (Å²) in [6.07, 6.45) is 3.42. The largest absolute Gasteiger partial charge is 0.382 e. The average molecular weight is 232 g/mol. The van der Waals surface area contributed by atoms with Crippen LogP contribution in [0.1, 0.15) is 5.56 Å². The quantitative estimate of drug-likeness (QED) is 0.745. The van der Waals surface area contributed by atoms with Gasteiger partial charge in [0.05, 0.1) is 0 Å². The van der Waals surface area contributed by atoms with Crippen molar-refractivity contribution in [1.29, 1.82) is 0 Å². The third-order valence-corrected chi connectivity index (χ3v) is 3.17. The van der Waals surface area contributed by atoms with Crippen LogP contribution in [-0.4, -0.2) is 45.7 Å². The second-order valence-corrected chi connectivity index (χ2v) is 4.31. The molecule has 6 heteroatoms. The molecule has 1 saturated heterocycles. The van der Waals surface area contributed by atoms with Crippen LogP contribution in [-0.2, 0) is 6.54 Å². The predicted octanol–water partition coefficient (Wildman–Crippen LogP) is -0.283. The number of hydrogen-bond acceptors (Lipinski definition) is 5. The zero-order valence-corrected chi connectivity index (χ0v) is 9.63. The standard InChI is InChI=1S/C11H16N6/c12-11-10-9(1-4-17(10)15-8-14-11)7-16-5-2-13-3-6-16/h1,4,8,13H,2-3,5-7H2,(H2,12,14,15). The Bertz CT molecular complexity index is 514. The monoisotopic (exact) mass is 232 g/mol. The van der Waals surface area contributed by atoms with Crippen LogP contribution in [0.2, 0.25) is 0 Å². The van der Waals surface area contributed by atoms with Gasteiger partial charge in [0, 0.05) is 38.9 Å². The fourth-order valence-corrected chi connectivity index (χ4v) is 2.28. The van der Waals surface area contributed by atoms with E-state index in [2.05, 4.69) is 26.4 Å². The number of nitrogens with one attached hydrogen (secondary N) is 1. The number of anilines is 1. The van der Waals surface area contributed by atoms with Gasteiger partial charge >= 0.3 is 0 Å². The maximum atomic E-state index is 5.90. The van der Waals surface area contributed by atoms with Crippen LogP contribution >= 0.6 is 0 Å². The Hall–Kier alpha value is -1.66. The molecule has 3 N–H and O–H groups in total. The van der Waals surface area contributed by atoms with E-state index in [0.29, 0.717) is 5.82 Å². The molecule has 0 aliphatic carbocycles. The van der Waals surface area contributed by atoms with E-state index in [9.17, 15) is 0 Å². The number of hydrogen-bond donors (Lipinski definition) is 2. The van der Waals surface area contributed by atoms with Crippen LogP contribution in [0.15, 0.2) is 18.6 Å². The van der Waals surface area contributed by atoms with E-state index < -0.39 is 0 Å². The van der Waals surface area contributed by atoms with Crippen molar-refractivity contribution < 1.29 is 0 Å². The van der Waals surface area contributed by atoms with Crippen molar-refractivity contribution in [2.45, 2.75) is 6.54 Å². The molecule has 90 valence electrons. The highest BCUT2D eigenvalue weighted by molar-refractivity contribution is 5.69. The van der Waals surface area contributed by atoms with Crippen LogP contribution in [0.3, 0.4) is 0 Å². The molecule has 17 heavy (non-hydrogen) atoms. The molecule has 1 aliphatic heterocycles. The van der Waals surface area contributed by atoms with E-state index in [1.807, 2.05) is 6.20 Å². The summed E-state index contributed by atoms with van der Waals surface area (Å²) in [7, 11) is 0. The van der Waals surface area contributed by atoms with Crippen LogP contribution in [0.4, 0.5) is 5.82 Å². The molecule has 3 heterocycles. The van der Waals surface area contributed by atoms with Crippen molar-refractivity contribution in [1.82, 2.24) is 24.8 Å². The van der Waals surface area contributed by atoms with Crippen molar-refractivity contribution in [3.63, 3.8) is 0 Å². The lowest BCUT2D eigenvalue weighted by Crippen LogP contribution is -2.42. The number of piperazine rings is 1. The maximum Gasteiger partial charge on any atom is 0.151 e. The van der Waals surface area contributed by atoms with Gasteiger partial charge in [-0.2, -0.15) is 5.10 Å². The minimum atomic E-state index is 0.551. The van der Waals surface area contributed by atoms with Gasteiger partial charge < -0.3 is 11.1 Å². The smallest absolute Gasteiger partial charge is 0.151 e. The summed E-state index contributed by atoms with van der Waals surface area (Å²) in [5.41, 5.74) is 8.04. The van der Waals surface area contributed by atoms with Crippen LogP contribution in [0.5, 0.6) is 0 Å². The van der Waals surface area contributed by atoms with Crippen molar-refractivity contribution >= 4 is 11.3 Å². The van der Waals surface area contributed by atoms with E-state index in [-0.39, 0.29) is 0 Å². The lowest BCUT2D eigenvalue weighted by Gasteiger charge is -2.26. The van der Waals surface area contributed by atoms with Gasteiger partial charge in [0.25, 0.3) is 0 Å². The van der Waals surface area contributed by atoms with Gasteiger partial charge in [0.15, 0.2) is 5.82 Å².